The number of para-hydroxylation sites is 1. The molecule has 0 heterocycles. The summed E-state index contributed by atoms with van der Waals surface area (Å²) in [6, 6.07) is 13.7. The fraction of sp³-hybridized carbons (Fsp3) is 0.333. The van der Waals surface area contributed by atoms with Crippen molar-refractivity contribution in [3.05, 3.63) is 65.5 Å². The lowest BCUT2D eigenvalue weighted by Gasteiger charge is -2.27. The second-order valence-electron chi connectivity index (χ2n) is 6.50. The molecule has 27 heavy (non-hydrogen) atoms. The molecule has 0 bridgehead atoms. The first kappa shape index (κ1) is 18.9. The Morgan fingerprint density at radius 2 is 1.93 bits per heavy atom. The highest BCUT2D eigenvalue weighted by molar-refractivity contribution is 5.84. The van der Waals surface area contributed by atoms with Gasteiger partial charge in [-0.1, -0.05) is 36.4 Å². The van der Waals surface area contributed by atoms with Crippen molar-refractivity contribution in [3.63, 3.8) is 0 Å². The number of aryl methyl sites for hydroxylation is 1. The lowest BCUT2D eigenvalue weighted by Crippen LogP contribution is -2.39. The Balaban J connectivity index is 1.51. The van der Waals surface area contributed by atoms with Crippen LogP contribution >= 0.6 is 0 Å². The zero-order valence-electron chi connectivity index (χ0n) is 15.1. The van der Waals surface area contributed by atoms with E-state index in [0.717, 1.165) is 24.8 Å². The van der Waals surface area contributed by atoms with Crippen LogP contribution in [-0.4, -0.2) is 24.6 Å². The number of carbonyl (C=O) groups excluding carboxylic acids is 2. The van der Waals surface area contributed by atoms with Crippen LogP contribution in [0.4, 0.5) is 4.39 Å². The molecule has 0 spiro atoms. The zero-order valence-corrected chi connectivity index (χ0v) is 15.1. The molecule has 2 aromatic rings. The molecule has 2 atom stereocenters. The molecular weight excluding hydrogens is 349 g/mol. The second-order valence-corrected chi connectivity index (χ2v) is 6.50. The van der Waals surface area contributed by atoms with Crippen molar-refractivity contribution in [2.45, 2.75) is 38.3 Å². The van der Waals surface area contributed by atoms with E-state index in [1.165, 1.54) is 30.7 Å². The fourth-order valence-electron chi connectivity index (χ4n) is 3.18. The number of hydrogen-bond donors (Lipinski definition) is 1. The van der Waals surface area contributed by atoms with Crippen LogP contribution < -0.4 is 10.1 Å². The van der Waals surface area contributed by atoms with Crippen molar-refractivity contribution in [3.8, 4) is 5.75 Å². The largest absolute Gasteiger partial charge is 0.479 e. The molecule has 3 rings (SSSR count). The topological polar surface area (TPSA) is 64.6 Å². The van der Waals surface area contributed by atoms with Crippen LogP contribution in [0.3, 0.4) is 0 Å². The molecule has 0 radical (unpaired) electrons. The Morgan fingerprint density at radius 1 is 1.19 bits per heavy atom. The molecule has 5 nitrogen and oxygen atoms in total. The third-order valence-electron chi connectivity index (χ3n) is 4.55. The van der Waals surface area contributed by atoms with Crippen molar-refractivity contribution < 1.29 is 23.5 Å². The van der Waals surface area contributed by atoms with Crippen LogP contribution in [0.5, 0.6) is 5.75 Å². The summed E-state index contributed by atoms with van der Waals surface area (Å²) in [6.07, 6.45) is 1.88. The van der Waals surface area contributed by atoms with Gasteiger partial charge in [0.05, 0.1) is 6.04 Å². The Kier molecular flexibility index (Phi) is 6.06. The Hall–Kier alpha value is -2.89. The van der Waals surface area contributed by atoms with Gasteiger partial charge in [-0.2, -0.15) is 0 Å². The Morgan fingerprint density at radius 3 is 2.74 bits per heavy atom. The predicted octanol–water partition coefficient (Wildman–Crippen LogP) is 3.33. The van der Waals surface area contributed by atoms with Crippen LogP contribution in [0.2, 0.25) is 0 Å². The summed E-state index contributed by atoms with van der Waals surface area (Å²) in [4.78, 5) is 24.3. The predicted molar refractivity (Wildman–Crippen MR) is 97.7 cm³/mol. The second kappa shape index (κ2) is 8.66. The number of hydrogen-bond acceptors (Lipinski definition) is 4. The van der Waals surface area contributed by atoms with E-state index in [0.29, 0.717) is 0 Å². The van der Waals surface area contributed by atoms with E-state index in [1.54, 1.807) is 6.07 Å². The maximum Gasteiger partial charge on any atom is 0.344 e. The SMILES string of the molecule is C[C@@H](OC(=O)COc1ccccc1F)C(=O)N[C@@H]1CCCc2ccccc21. The first-order valence-electron chi connectivity index (χ1n) is 8.99. The summed E-state index contributed by atoms with van der Waals surface area (Å²) in [5.41, 5.74) is 2.34. The number of carbonyl (C=O) groups is 2. The highest BCUT2D eigenvalue weighted by Gasteiger charge is 2.25. The Bertz CT molecular complexity index is 823. The van der Waals surface area contributed by atoms with E-state index in [2.05, 4.69) is 11.4 Å². The average molecular weight is 371 g/mol. The minimum Gasteiger partial charge on any atom is -0.479 e. The quantitative estimate of drug-likeness (QED) is 0.791. The lowest BCUT2D eigenvalue weighted by atomic mass is 9.87. The van der Waals surface area contributed by atoms with Crippen molar-refractivity contribution in [2.75, 3.05) is 6.61 Å². The summed E-state index contributed by atoms with van der Waals surface area (Å²) in [6.45, 7) is 1.04. The molecule has 0 aromatic heterocycles. The lowest BCUT2D eigenvalue weighted by molar-refractivity contribution is -0.157. The number of rotatable bonds is 6. The van der Waals surface area contributed by atoms with Crippen molar-refractivity contribution in [2.24, 2.45) is 0 Å². The molecule has 1 N–H and O–H groups in total. The van der Waals surface area contributed by atoms with E-state index in [1.807, 2.05) is 18.2 Å². The number of halogens is 1. The van der Waals surface area contributed by atoms with E-state index in [4.69, 9.17) is 9.47 Å². The molecule has 1 aliphatic rings. The molecule has 0 saturated heterocycles. The first-order valence-corrected chi connectivity index (χ1v) is 8.99. The van der Waals surface area contributed by atoms with Gasteiger partial charge in [0, 0.05) is 0 Å². The number of fused-ring (bicyclic) bond motifs is 1. The molecule has 0 unspecified atom stereocenters. The monoisotopic (exact) mass is 371 g/mol. The molecule has 1 amide bonds. The minimum absolute atomic E-state index is 0.0367. The summed E-state index contributed by atoms with van der Waals surface area (Å²) < 4.78 is 23.7. The smallest absolute Gasteiger partial charge is 0.344 e. The highest BCUT2D eigenvalue weighted by atomic mass is 19.1. The number of nitrogens with one attached hydrogen (secondary N) is 1. The minimum atomic E-state index is -0.962. The van der Waals surface area contributed by atoms with Gasteiger partial charge in [-0.3, -0.25) is 4.79 Å². The van der Waals surface area contributed by atoms with Crippen molar-refractivity contribution in [1.82, 2.24) is 5.32 Å². The van der Waals surface area contributed by atoms with Crippen LogP contribution in [0.25, 0.3) is 0 Å². The Labute approximate surface area is 157 Å². The maximum atomic E-state index is 13.5. The zero-order chi connectivity index (χ0) is 19.2. The van der Waals surface area contributed by atoms with Gasteiger partial charge in [-0.25, -0.2) is 9.18 Å². The van der Waals surface area contributed by atoms with Gasteiger partial charge in [-0.05, 0) is 49.4 Å². The van der Waals surface area contributed by atoms with Crippen LogP contribution in [-0.2, 0) is 20.7 Å². The van der Waals surface area contributed by atoms with Crippen LogP contribution in [0.1, 0.15) is 36.9 Å². The van der Waals surface area contributed by atoms with Crippen molar-refractivity contribution >= 4 is 11.9 Å². The highest BCUT2D eigenvalue weighted by Crippen LogP contribution is 2.29. The van der Waals surface area contributed by atoms with E-state index < -0.39 is 24.5 Å². The number of esters is 1. The molecule has 0 saturated carbocycles. The molecule has 0 fully saturated rings. The molecule has 6 heteroatoms. The standard InChI is InChI=1S/C21H22FNO4/c1-14(27-20(24)13-26-19-12-5-4-10-17(19)22)21(25)23-18-11-6-8-15-7-2-3-9-16(15)18/h2-5,7,9-10,12,14,18H,6,8,11,13H2,1H3,(H,23,25)/t14-,18-/m1/s1. The summed E-state index contributed by atoms with van der Waals surface area (Å²) in [5.74, 6) is -1.70. The van der Waals surface area contributed by atoms with Gasteiger partial charge in [0.2, 0.25) is 0 Å². The number of ether oxygens (including phenoxy) is 2. The van der Waals surface area contributed by atoms with Gasteiger partial charge in [0.15, 0.2) is 24.3 Å². The molecule has 142 valence electrons. The third kappa shape index (κ3) is 4.84. The summed E-state index contributed by atoms with van der Waals surface area (Å²) in [5, 5.41) is 2.95. The van der Waals surface area contributed by atoms with Gasteiger partial charge < -0.3 is 14.8 Å². The van der Waals surface area contributed by atoms with E-state index in [9.17, 15) is 14.0 Å². The molecule has 1 aliphatic carbocycles. The number of amides is 1. The van der Waals surface area contributed by atoms with Gasteiger partial charge in [0.25, 0.3) is 5.91 Å². The normalized spacial score (nSPS) is 16.7. The molecule has 0 aliphatic heterocycles. The maximum absolute atomic E-state index is 13.5. The summed E-state index contributed by atoms with van der Waals surface area (Å²) >= 11 is 0. The van der Waals surface area contributed by atoms with Crippen molar-refractivity contribution in [1.29, 1.82) is 0 Å². The molecular formula is C21H22FNO4. The van der Waals surface area contributed by atoms with Gasteiger partial charge >= 0.3 is 5.97 Å². The average Bonchev–Trinajstić information content (AvgIpc) is 2.67. The number of benzene rings is 2. The van der Waals surface area contributed by atoms with E-state index in [-0.39, 0.29) is 17.7 Å². The third-order valence-corrected chi connectivity index (χ3v) is 4.55. The van der Waals surface area contributed by atoms with Gasteiger partial charge in [-0.15, -0.1) is 0 Å². The first-order chi connectivity index (χ1) is 13.0. The van der Waals surface area contributed by atoms with Gasteiger partial charge in [0.1, 0.15) is 0 Å². The van der Waals surface area contributed by atoms with Crippen LogP contribution in [0.15, 0.2) is 48.5 Å². The summed E-state index contributed by atoms with van der Waals surface area (Å²) in [7, 11) is 0. The molecule has 2 aromatic carbocycles. The van der Waals surface area contributed by atoms with Crippen LogP contribution in [0, 0.1) is 5.82 Å². The fourth-order valence-corrected chi connectivity index (χ4v) is 3.18. The van der Waals surface area contributed by atoms with E-state index >= 15 is 0 Å².